The Morgan fingerprint density at radius 3 is 2.48 bits per heavy atom. The Morgan fingerprint density at radius 1 is 1.19 bits per heavy atom. The molecule has 0 saturated heterocycles. The van der Waals surface area contributed by atoms with Gasteiger partial charge in [-0.2, -0.15) is 5.10 Å². The first kappa shape index (κ1) is 14.6. The number of aliphatic carboxylic acids is 1. The maximum Gasteiger partial charge on any atom is 0.372 e. The number of carbonyl (C=O) groups is 3. The molecule has 0 saturated carbocycles. The van der Waals surface area contributed by atoms with E-state index in [2.05, 4.69) is 5.10 Å². The SMILES string of the molecule is O=C(O)C(=O)CC(=O)c1cnn(Cc2ccc(F)cc2)c1. The summed E-state index contributed by atoms with van der Waals surface area (Å²) in [7, 11) is 0. The van der Waals surface area contributed by atoms with Crippen LogP contribution in [0.25, 0.3) is 0 Å². The zero-order valence-electron chi connectivity index (χ0n) is 10.8. The topological polar surface area (TPSA) is 89.3 Å². The number of halogens is 1. The Labute approximate surface area is 118 Å². The molecule has 7 heteroatoms. The van der Waals surface area contributed by atoms with Crippen molar-refractivity contribution >= 4 is 17.5 Å². The van der Waals surface area contributed by atoms with Crippen molar-refractivity contribution in [1.82, 2.24) is 9.78 Å². The number of ketones is 2. The molecule has 0 radical (unpaired) electrons. The van der Waals surface area contributed by atoms with Gasteiger partial charge in [-0.3, -0.25) is 14.3 Å². The van der Waals surface area contributed by atoms with Crippen LogP contribution in [-0.4, -0.2) is 32.4 Å². The van der Waals surface area contributed by atoms with Crippen LogP contribution in [0.5, 0.6) is 0 Å². The molecule has 21 heavy (non-hydrogen) atoms. The molecule has 0 aliphatic carbocycles. The normalized spacial score (nSPS) is 10.3. The lowest BCUT2D eigenvalue weighted by atomic mass is 10.1. The van der Waals surface area contributed by atoms with Crippen LogP contribution in [0.1, 0.15) is 22.3 Å². The van der Waals surface area contributed by atoms with Gasteiger partial charge in [0.05, 0.1) is 24.7 Å². The Balaban J connectivity index is 2.04. The van der Waals surface area contributed by atoms with E-state index in [9.17, 15) is 18.8 Å². The molecule has 0 unspecified atom stereocenters. The minimum absolute atomic E-state index is 0.159. The molecule has 1 heterocycles. The molecular formula is C14H11FN2O4. The van der Waals surface area contributed by atoms with E-state index in [-0.39, 0.29) is 11.4 Å². The van der Waals surface area contributed by atoms with Crippen LogP contribution < -0.4 is 0 Å². The number of Topliss-reactive ketones (excluding diaryl/α,β-unsaturated/α-hetero) is 2. The Morgan fingerprint density at radius 2 is 1.86 bits per heavy atom. The van der Waals surface area contributed by atoms with Crippen molar-refractivity contribution in [1.29, 1.82) is 0 Å². The minimum Gasteiger partial charge on any atom is -0.475 e. The highest BCUT2D eigenvalue weighted by atomic mass is 19.1. The predicted molar refractivity (Wildman–Crippen MR) is 69.3 cm³/mol. The average molecular weight is 290 g/mol. The van der Waals surface area contributed by atoms with Crippen LogP contribution in [0.2, 0.25) is 0 Å². The fraction of sp³-hybridized carbons (Fsp3) is 0.143. The first-order valence-electron chi connectivity index (χ1n) is 6.02. The van der Waals surface area contributed by atoms with Crippen LogP contribution in [0.4, 0.5) is 4.39 Å². The number of benzene rings is 1. The van der Waals surface area contributed by atoms with Crippen molar-refractivity contribution < 1.29 is 23.9 Å². The van der Waals surface area contributed by atoms with E-state index >= 15 is 0 Å². The van der Waals surface area contributed by atoms with Crippen molar-refractivity contribution in [2.75, 3.05) is 0 Å². The summed E-state index contributed by atoms with van der Waals surface area (Å²) < 4.78 is 14.2. The summed E-state index contributed by atoms with van der Waals surface area (Å²) >= 11 is 0. The number of aromatic nitrogens is 2. The van der Waals surface area contributed by atoms with E-state index in [0.29, 0.717) is 6.54 Å². The molecule has 0 atom stereocenters. The molecule has 1 N–H and O–H groups in total. The molecule has 2 rings (SSSR count). The summed E-state index contributed by atoms with van der Waals surface area (Å²) in [5, 5.41) is 12.4. The van der Waals surface area contributed by atoms with Crippen molar-refractivity contribution in [3.63, 3.8) is 0 Å². The fourth-order valence-electron chi connectivity index (χ4n) is 1.69. The van der Waals surface area contributed by atoms with Crippen LogP contribution in [0, 0.1) is 5.82 Å². The minimum atomic E-state index is -1.64. The number of nitrogens with zero attached hydrogens (tertiary/aromatic N) is 2. The van der Waals surface area contributed by atoms with E-state index in [1.54, 1.807) is 12.1 Å². The largest absolute Gasteiger partial charge is 0.475 e. The van der Waals surface area contributed by atoms with E-state index in [1.165, 1.54) is 29.2 Å². The standard InChI is InChI=1S/C14H11FN2O4/c15-11-3-1-9(2-4-11)7-17-8-10(6-16-17)12(18)5-13(19)14(20)21/h1-4,6,8H,5,7H2,(H,20,21). The second-order valence-corrected chi connectivity index (χ2v) is 4.38. The number of carboxylic acid groups (broad SMARTS) is 1. The van der Waals surface area contributed by atoms with Crippen molar-refractivity contribution in [3.8, 4) is 0 Å². The molecule has 0 fully saturated rings. The van der Waals surface area contributed by atoms with Gasteiger partial charge in [-0.1, -0.05) is 12.1 Å². The molecule has 0 amide bonds. The number of rotatable bonds is 6. The molecule has 0 spiro atoms. The quantitative estimate of drug-likeness (QED) is 0.492. The average Bonchev–Trinajstić information content (AvgIpc) is 2.90. The monoisotopic (exact) mass is 290 g/mol. The van der Waals surface area contributed by atoms with Gasteiger partial charge >= 0.3 is 5.97 Å². The zero-order valence-corrected chi connectivity index (χ0v) is 10.8. The van der Waals surface area contributed by atoms with Gasteiger partial charge in [0.15, 0.2) is 5.78 Å². The third-order valence-corrected chi connectivity index (χ3v) is 2.77. The smallest absolute Gasteiger partial charge is 0.372 e. The van der Waals surface area contributed by atoms with Crippen LogP contribution in [-0.2, 0) is 16.1 Å². The first-order chi connectivity index (χ1) is 9.95. The molecule has 0 aliphatic heterocycles. The van der Waals surface area contributed by atoms with Crippen molar-refractivity contribution in [2.24, 2.45) is 0 Å². The summed E-state index contributed by atoms with van der Waals surface area (Å²) in [5.74, 6) is -3.75. The highest BCUT2D eigenvalue weighted by Crippen LogP contribution is 2.08. The Bertz CT molecular complexity index is 691. The number of hydrogen-bond donors (Lipinski definition) is 1. The molecule has 6 nitrogen and oxygen atoms in total. The number of hydrogen-bond acceptors (Lipinski definition) is 4. The summed E-state index contributed by atoms with van der Waals surface area (Å²) in [6.07, 6.45) is 1.99. The zero-order chi connectivity index (χ0) is 15.4. The van der Waals surface area contributed by atoms with Crippen LogP contribution in [0.3, 0.4) is 0 Å². The van der Waals surface area contributed by atoms with Gasteiger partial charge in [-0.25, -0.2) is 9.18 Å². The van der Waals surface area contributed by atoms with Gasteiger partial charge in [0.25, 0.3) is 0 Å². The van der Waals surface area contributed by atoms with Gasteiger partial charge in [0, 0.05) is 6.20 Å². The molecule has 108 valence electrons. The molecule has 0 aliphatic rings. The highest BCUT2D eigenvalue weighted by Gasteiger charge is 2.18. The van der Waals surface area contributed by atoms with Crippen LogP contribution in [0.15, 0.2) is 36.7 Å². The summed E-state index contributed by atoms with van der Waals surface area (Å²) in [5.41, 5.74) is 0.951. The van der Waals surface area contributed by atoms with Gasteiger partial charge < -0.3 is 5.11 Å². The van der Waals surface area contributed by atoms with Gasteiger partial charge in [0.1, 0.15) is 5.82 Å². The number of carboxylic acids is 1. The third-order valence-electron chi connectivity index (χ3n) is 2.77. The third kappa shape index (κ3) is 3.82. The Kier molecular flexibility index (Phi) is 4.22. The van der Waals surface area contributed by atoms with E-state index < -0.39 is 24.0 Å². The summed E-state index contributed by atoms with van der Waals surface area (Å²) in [4.78, 5) is 33.0. The van der Waals surface area contributed by atoms with Gasteiger partial charge in [-0.05, 0) is 17.7 Å². The molecule has 2 aromatic rings. The lowest BCUT2D eigenvalue weighted by molar-refractivity contribution is -0.148. The van der Waals surface area contributed by atoms with Crippen molar-refractivity contribution in [2.45, 2.75) is 13.0 Å². The van der Waals surface area contributed by atoms with Crippen LogP contribution >= 0.6 is 0 Å². The van der Waals surface area contributed by atoms with Crippen molar-refractivity contribution in [3.05, 3.63) is 53.6 Å². The van der Waals surface area contributed by atoms with E-state index in [4.69, 9.17) is 5.11 Å². The van der Waals surface area contributed by atoms with Gasteiger partial charge in [0.2, 0.25) is 5.78 Å². The van der Waals surface area contributed by atoms with E-state index in [1.807, 2.05) is 0 Å². The highest BCUT2D eigenvalue weighted by molar-refractivity contribution is 6.37. The predicted octanol–water partition coefficient (Wildman–Crippen LogP) is 1.30. The van der Waals surface area contributed by atoms with E-state index in [0.717, 1.165) is 5.56 Å². The second-order valence-electron chi connectivity index (χ2n) is 4.38. The molecule has 1 aromatic heterocycles. The lowest BCUT2D eigenvalue weighted by Crippen LogP contribution is -2.16. The maximum absolute atomic E-state index is 12.8. The second kappa shape index (κ2) is 6.08. The summed E-state index contributed by atoms with van der Waals surface area (Å²) in [6.45, 7) is 0.334. The molecular weight excluding hydrogens is 279 g/mol. The molecule has 0 bridgehead atoms. The molecule has 1 aromatic carbocycles. The first-order valence-corrected chi connectivity index (χ1v) is 6.02. The number of carbonyl (C=O) groups excluding carboxylic acids is 2. The fourth-order valence-corrected chi connectivity index (χ4v) is 1.69. The lowest BCUT2D eigenvalue weighted by Gasteiger charge is -2.01. The van der Waals surface area contributed by atoms with Gasteiger partial charge in [-0.15, -0.1) is 0 Å². The summed E-state index contributed by atoms with van der Waals surface area (Å²) in [6, 6.07) is 5.81. The maximum atomic E-state index is 12.8. The Hall–Kier alpha value is -2.83.